The highest BCUT2D eigenvalue weighted by Gasteiger charge is 2.06. The van der Waals surface area contributed by atoms with E-state index >= 15 is 0 Å². The molecule has 0 nitrogen and oxygen atoms in total. The molecule has 0 heteroatoms. The standard InChI is InChI=1S/C12H20/c1-10(2)8-9-12-7-5-4-6-11(12)3/h8H,4-7,9H2,1-3H3. The maximum Gasteiger partial charge on any atom is -0.0134 e. The molecule has 12 heavy (non-hydrogen) atoms. The molecule has 0 radical (unpaired) electrons. The summed E-state index contributed by atoms with van der Waals surface area (Å²) in [6, 6.07) is 0. The van der Waals surface area contributed by atoms with E-state index in [0.29, 0.717) is 0 Å². The lowest BCUT2D eigenvalue weighted by Crippen LogP contribution is -1.96. The molecule has 0 aliphatic heterocycles. The zero-order chi connectivity index (χ0) is 8.97. The smallest absolute Gasteiger partial charge is 0.0134 e. The highest BCUT2D eigenvalue weighted by molar-refractivity contribution is 5.18. The van der Waals surface area contributed by atoms with Crippen LogP contribution >= 0.6 is 0 Å². The zero-order valence-electron chi connectivity index (χ0n) is 8.61. The molecule has 0 aromatic heterocycles. The second kappa shape index (κ2) is 4.49. The predicted molar refractivity (Wildman–Crippen MR) is 55.2 cm³/mol. The highest BCUT2D eigenvalue weighted by Crippen LogP contribution is 2.26. The summed E-state index contributed by atoms with van der Waals surface area (Å²) in [5, 5.41) is 0. The van der Waals surface area contributed by atoms with E-state index in [1.165, 1.54) is 37.7 Å². The SMILES string of the molecule is CC(C)=CCC1=C(C)CCCC1. The van der Waals surface area contributed by atoms with Crippen LogP contribution in [-0.4, -0.2) is 0 Å². The highest BCUT2D eigenvalue weighted by atomic mass is 14.1. The van der Waals surface area contributed by atoms with Crippen molar-refractivity contribution in [3.63, 3.8) is 0 Å². The Morgan fingerprint density at radius 2 is 1.92 bits per heavy atom. The molecule has 0 atom stereocenters. The van der Waals surface area contributed by atoms with E-state index < -0.39 is 0 Å². The normalized spacial score (nSPS) is 17.9. The maximum atomic E-state index is 2.35. The van der Waals surface area contributed by atoms with Gasteiger partial charge in [0.25, 0.3) is 0 Å². The molecule has 0 spiro atoms. The van der Waals surface area contributed by atoms with Crippen LogP contribution in [0.1, 0.15) is 52.9 Å². The monoisotopic (exact) mass is 164 g/mol. The van der Waals surface area contributed by atoms with Crippen LogP contribution in [0.4, 0.5) is 0 Å². The van der Waals surface area contributed by atoms with Gasteiger partial charge in [-0.1, -0.05) is 22.8 Å². The van der Waals surface area contributed by atoms with Gasteiger partial charge in [-0.3, -0.25) is 0 Å². The summed E-state index contributed by atoms with van der Waals surface area (Å²) in [4.78, 5) is 0. The van der Waals surface area contributed by atoms with Crippen molar-refractivity contribution in [1.82, 2.24) is 0 Å². The van der Waals surface area contributed by atoms with Crippen LogP contribution in [0.15, 0.2) is 22.8 Å². The minimum absolute atomic E-state index is 1.20. The maximum absolute atomic E-state index is 2.35. The molecular formula is C12H20. The molecule has 0 saturated carbocycles. The Bertz CT molecular complexity index is 202. The van der Waals surface area contributed by atoms with Gasteiger partial charge in [-0.2, -0.15) is 0 Å². The van der Waals surface area contributed by atoms with E-state index in [1.807, 2.05) is 0 Å². The summed E-state index contributed by atoms with van der Waals surface area (Å²) in [6.45, 7) is 6.66. The van der Waals surface area contributed by atoms with Crippen molar-refractivity contribution in [2.75, 3.05) is 0 Å². The molecule has 0 aromatic rings. The van der Waals surface area contributed by atoms with Gasteiger partial charge in [0, 0.05) is 0 Å². The van der Waals surface area contributed by atoms with Gasteiger partial charge in [-0.05, 0) is 52.9 Å². The van der Waals surface area contributed by atoms with Crippen LogP contribution in [0.2, 0.25) is 0 Å². The molecule has 1 aliphatic carbocycles. The van der Waals surface area contributed by atoms with Crippen molar-refractivity contribution in [3.05, 3.63) is 22.8 Å². The molecule has 0 fully saturated rings. The van der Waals surface area contributed by atoms with Crippen molar-refractivity contribution in [2.45, 2.75) is 52.9 Å². The number of hydrogen-bond acceptors (Lipinski definition) is 0. The summed E-state index contributed by atoms with van der Waals surface area (Å²) in [5.74, 6) is 0. The third-order valence-electron chi connectivity index (χ3n) is 2.64. The largest absolute Gasteiger partial charge is 0.0818 e. The Balaban J connectivity index is 2.55. The van der Waals surface area contributed by atoms with Gasteiger partial charge in [0.2, 0.25) is 0 Å². The van der Waals surface area contributed by atoms with Crippen molar-refractivity contribution in [2.24, 2.45) is 0 Å². The van der Waals surface area contributed by atoms with Crippen molar-refractivity contribution >= 4 is 0 Å². The fourth-order valence-corrected chi connectivity index (χ4v) is 1.72. The minimum atomic E-state index is 1.20. The first kappa shape index (κ1) is 9.57. The third-order valence-corrected chi connectivity index (χ3v) is 2.64. The number of rotatable bonds is 2. The van der Waals surface area contributed by atoms with E-state index in [2.05, 4.69) is 26.8 Å². The first-order valence-corrected chi connectivity index (χ1v) is 5.01. The van der Waals surface area contributed by atoms with Crippen molar-refractivity contribution in [1.29, 1.82) is 0 Å². The summed E-state index contributed by atoms with van der Waals surface area (Å²) < 4.78 is 0. The van der Waals surface area contributed by atoms with Crippen LogP contribution in [0.25, 0.3) is 0 Å². The molecular weight excluding hydrogens is 144 g/mol. The fourth-order valence-electron chi connectivity index (χ4n) is 1.72. The molecule has 1 rings (SSSR count). The Hall–Kier alpha value is -0.520. The van der Waals surface area contributed by atoms with Crippen molar-refractivity contribution < 1.29 is 0 Å². The molecule has 0 bridgehead atoms. The van der Waals surface area contributed by atoms with Gasteiger partial charge in [-0.15, -0.1) is 0 Å². The second-order valence-corrected chi connectivity index (χ2v) is 4.08. The van der Waals surface area contributed by atoms with Crippen LogP contribution in [0.3, 0.4) is 0 Å². The van der Waals surface area contributed by atoms with Gasteiger partial charge in [0.05, 0.1) is 0 Å². The van der Waals surface area contributed by atoms with E-state index in [1.54, 1.807) is 11.1 Å². The van der Waals surface area contributed by atoms with Crippen LogP contribution in [0.5, 0.6) is 0 Å². The van der Waals surface area contributed by atoms with Crippen LogP contribution in [-0.2, 0) is 0 Å². The summed E-state index contributed by atoms with van der Waals surface area (Å²) in [6.07, 6.45) is 9.05. The topological polar surface area (TPSA) is 0 Å². The second-order valence-electron chi connectivity index (χ2n) is 4.08. The van der Waals surface area contributed by atoms with Gasteiger partial charge >= 0.3 is 0 Å². The molecule has 68 valence electrons. The quantitative estimate of drug-likeness (QED) is 0.536. The number of hydrogen-bond donors (Lipinski definition) is 0. The molecule has 0 aromatic carbocycles. The molecule has 0 amide bonds. The fraction of sp³-hybridized carbons (Fsp3) is 0.667. The summed E-state index contributed by atoms with van der Waals surface area (Å²) in [7, 11) is 0. The van der Waals surface area contributed by atoms with Crippen LogP contribution in [0, 0.1) is 0 Å². The molecule has 0 saturated heterocycles. The Kier molecular flexibility index (Phi) is 3.58. The van der Waals surface area contributed by atoms with Gasteiger partial charge < -0.3 is 0 Å². The Morgan fingerprint density at radius 1 is 1.25 bits per heavy atom. The van der Waals surface area contributed by atoms with Gasteiger partial charge in [0.15, 0.2) is 0 Å². The molecule has 0 N–H and O–H groups in total. The lowest BCUT2D eigenvalue weighted by Gasteiger charge is -2.16. The average molecular weight is 164 g/mol. The molecule has 0 unspecified atom stereocenters. The summed E-state index contributed by atoms with van der Waals surface area (Å²) in [5.41, 5.74) is 4.79. The van der Waals surface area contributed by atoms with E-state index in [-0.39, 0.29) is 0 Å². The van der Waals surface area contributed by atoms with Crippen LogP contribution < -0.4 is 0 Å². The van der Waals surface area contributed by atoms with Gasteiger partial charge in [-0.25, -0.2) is 0 Å². The zero-order valence-corrected chi connectivity index (χ0v) is 8.61. The summed E-state index contributed by atoms with van der Waals surface area (Å²) >= 11 is 0. The lowest BCUT2D eigenvalue weighted by atomic mass is 9.90. The van der Waals surface area contributed by atoms with E-state index in [9.17, 15) is 0 Å². The first-order chi connectivity index (χ1) is 5.70. The third kappa shape index (κ3) is 2.84. The molecule has 0 heterocycles. The Labute approximate surface area is 76.4 Å². The van der Waals surface area contributed by atoms with Crippen molar-refractivity contribution in [3.8, 4) is 0 Å². The van der Waals surface area contributed by atoms with Gasteiger partial charge in [0.1, 0.15) is 0 Å². The predicted octanol–water partition coefficient (Wildman–Crippen LogP) is 4.23. The average Bonchev–Trinajstić information content (AvgIpc) is 2.03. The first-order valence-electron chi connectivity index (χ1n) is 5.01. The minimum Gasteiger partial charge on any atom is -0.0818 e. The number of allylic oxidation sites excluding steroid dienone is 4. The Morgan fingerprint density at radius 3 is 2.50 bits per heavy atom. The lowest BCUT2D eigenvalue weighted by molar-refractivity contribution is 0.662. The van der Waals surface area contributed by atoms with E-state index in [0.717, 1.165) is 0 Å². The van der Waals surface area contributed by atoms with E-state index in [4.69, 9.17) is 0 Å². The molecule has 1 aliphatic rings.